The van der Waals surface area contributed by atoms with Crippen LogP contribution in [0.5, 0.6) is 0 Å². The van der Waals surface area contributed by atoms with Crippen LogP contribution < -0.4 is 0 Å². The minimum atomic E-state index is -0.495. The van der Waals surface area contributed by atoms with Gasteiger partial charge in [-0.05, 0) is 78.8 Å². The highest BCUT2D eigenvalue weighted by Gasteiger charge is 2.60. The summed E-state index contributed by atoms with van der Waals surface area (Å²) < 4.78 is 0. The molecule has 0 aromatic heterocycles. The zero-order valence-electron chi connectivity index (χ0n) is 13.7. The molecule has 4 aliphatic rings. The van der Waals surface area contributed by atoms with Crippen molar-refractivity contribution >= 4 is 5.78 Å². The van der Waals surface area contributed by atoms with Crippen molar-refractivity contribution in [2.24, 2.45) is 28.6 Å². The van der Waals surface area contributed by atoms with Crippen molar-refractivity contribution in [2.45, 2.75) is 71.0 Å². The van der Waals surface area contributed by atoms with Crippen LogP contribution in [0.2, 0.25) is 0 Å². The molecule has 4 aliphatic carbocycles. The van der Waals surface area contributed by atoms with Crippen LogP contribution in [0.25, 0.3) is 0 Å². The second-order valence-electron chi connectivity index (χ2n) is 8.83. The molecule has 3 heteroatoms. The molecule has 0 saturated heterocycles. The number of fused-ring (bicyclic) bond motifs is 5. The van der Waals surface area contributed by atoms with Crippen LogP contribution in [0.1, 0.15) is 58.8 Å². The van der Waals surface area contributed by atoms with Crippen molar-refractivity contribution in [2.75, 3.05) is 0 Å². The molecule has 3 nitrogen and oxygen atoms in total. The Morgan fingerprint density at radius 2 is 1.86 bits per heavy atom. The Hall–Kier alpha value is -0.670. The van der Waals surface area contributed by atoms with Gasteiger partial charge in [0.25, 0.3) is 0 Å². The largest absolute Gasteiger partial charge is 0.393 e. The second-order valence-corrected chi connectivity index (χ2v) is 8.83. The van der Waals surface area contributed by atoms with Crippen LogP contribution in [0.15, 0.2) is 11.6 Å². The van der Waals surface area contributed by atoms with E-state index in [1.165, 1.54) is 12.8 Å². The molecule has 4 rings (SSSR count). The summed E-state index contributed by atoms with van der Waals surface area (Å²) in [7, 11) is 0. The molecule has 0 aromatic carbocycles. The molecular formula is C19H28O3. The predicted molar refractivity (Wildman–Crippen MR) is 84.1 cm³/mol. The van der Waals surface area contributed by atoms with Crippen LogP contribution >= 0.6 is 0 Å². The van der Waals surface area contributed by atoms with Gasteiger partial charge in [0.2, 0.25) is 0 Å². The molecule has 2 N–H and O–H groups in total. The van der Waals surface area contributed by atoms with Gasteiger partial charge in [-0.3, -0.25) is 4.79 Å². The van der Waals surface area contributed by atoms with Gasteiger partial charge in [-0.25, -0.2) is 0 Å². The zero-order chi connectivity index (χ0) is 15.7. The molecule has 22 heavy (non-hydrogen) atoms. The lowest BCUT2D eigenvalue weighted by Gasteiger charge is -2.58. The van der Waals surface area contributed by atoms with E-state index in [1.54, 1.807) is 6.08 Å². The maximum Gasteiger partial charge on any atom is 0.155 e. The summed E-state index contributed by atoms with van der Waals surface area (Å²) in [5.74, 6) is 1.42. The Kier molecular flexibility index (Phi) is 3.16. The molecule has 0 aromatic rings. The molecule has 3 saturated carbocycles. The molecular weight excluding hydrogens is 276 g/mol. The number of aliphatic hydroxyl groups is 2. The van der Waals surface area contributed by atoms with Crippen molar-refractivity contribution < 1.29 is 15.0 Å². The highest BCUT2D eigenvalue weighted by atomic mass is 16.3. The molecule has 0 amide bonds. The van der Waals surface area contributed by atoms with Gasteiger partial charge in [-0.1, -0.05) is 13.8 Å². The topological polar surface area (TPSA) is 57.5 Å². The molecule has 0 heterocycles. The summed E-state index contributed by atoms with van der Waals surface area (Å²) in [6, 6.07) is 0. The smallest absolute Gasteiger partial charge is 0.155 e. The molecule has 0 radical (unpaired) electrons. The van der Waals surface area contributed by atoms with Gasteiger partial charge in [-0.15, -0.1) is 0 Å². The Morgan fingerprint density at radius 3 is 2.64 bits per heavy atom. The average Bonchev–Trinajstić information content (AvgIpc) is 2.77. The van der Waals surface area contributed by atoms with Gasteiger partial charge in [0, 0.05) is 6.42 Å². The summed E-state index contributed by atoms with van der Waals surface area (Å²) in [4.78, 5) is 11.8. The molecule has 0 bridgehead atoms. The van der Waals surface area contributed by atoms with Crippen molar-refractivity contribution in [1.82, 2.24) is 0 Å². The van der Waals surface area contributed by atoms with E-state index in [-0.39, 0.29) is 22.7 Å². The van der Waals surface area contributed by atoms with Crippen LogP contribution in [0.3, 0.4) is 0 Å². The lowest BCUT2D eigenvalue weighted by Crippen LogP contribution is -2.54. The highest BCUT2D eigenvalue weighted by molar-refractivity contribution is 5.91. The number of aliphatic hydroxyl groups excluding tert-OH is 2. The monoisotopic (exact) mass is 304 g/mol. The van der Waals surface area contributed by atoms with Crippen molar-refractivity contribution in [3.05, 3.63) is 11.6 Å². The summed E-state index contributed by atoms with van der Waals surface area (Å²) in [6.45, 7) is 4.60. The minimum absolute atomic E-state index is 0.0418. The average molecular weight is 304 g/mol. The second kappa shape index (κ2) is 4.67. The Balaban J connectivity index is 1.75. The Labute approximate surface area is 132 Å². The fourth-order valence-corrected chi connectivity index (χ4v) is 6.63. The lowest BCUT2D eigenvalue weighted by atomic mass is 9.47. The Morgan fingerprint density at radius 1 is 1.14 bits per heavy atom. The maximum atomic E-state index is 11.8. The van der Waals surface area contributed by atoms with E-state index in [0.29, 0.717) is 24.2 Å². The lowest BCUT2D eigenvalue weighted by molar-refractivity contribution is -0.121. The molecule has 7 atom stereocenters. The third kappa shape index (κ3) is 1.85. The molecule has 0 spiro atoms. The number of rotatable bonds is 0. The number of ketones is 1. The van der Waals surface area contributed by atoms with E-state index in [2.05, 4.69) is 13.8 Å². The van der Waals surface area contributed by atoms with Crippen LogP contribution in [0, 0.1) is 28.6 Å². The van der Waals surface area contributed by atoms with Gasteiger partial charge in [-0.2, -0.15) is 0 Å². The fraction of sp³-hybridized carbons (Fsp3) is 0.842. The van der Waals surface area contributed by atoms with E-state index < -0.39 is 6.10 Å². The third-order valence-corrected chi connectivity index (χ3v) is 7.77. The molecule has 0 aliphatic heterocycles. The van der Waals surface area contributed by atoms with Crippen molar-refractivity contribution in [3.63, 3.8) is 0 Å². The molecule has 3 fully saturated rings. The van der Waals surface area contributed by atoms with E-state index in [0.717, 1.165) is 31.3 Å². The summed E-state index contributed by atoms with van der Waals surface area (Å²) in [5, 5.41) is 21.3. The number of carbonyl (C=O) groups excluding carboxylic acids is 1. The van der Waals surface area contributed by atoms with Crippen LogP contribution in [-0.2, 0) is 4.79 Å². The van der Waals surface area contributed by atoms with E-state index >= 15 is 0 Å². The molecule has 122 valence electrons. The number of carbonyl (C=O) groups is 1. The van der Waals surface area contributed by atoms with Crippen molar-refractivity contribution in [3.8, 4) is 0 Å². The first kappa shape index (κ1) is 14.9. The van der Waals surface area contributed by atoms with Gasteiger partial charge in [0.15, 0.2) is 5.78 Å². The highest BCUT2D eigenvalue weighted by Crippen LogP contribution is 2.65. The molecule has 0 unspecified atom stereocenters. The van der Waals surface area contributed by atoms with Gasteiger partial charge in [0.1, 0.15) is 0 Å². The maximum absolute atomic E-state index is 11.8. The fourth-order valence-electron chi connectivity index (χ4n) is 6.63. The first-order valence-corrected chi connectivity index (χ1v) is 8.96. The first-order chi connectivity index (χ1) is 10.3. The zero-order valence-corrected chi connectivity index (χ0v) is 13.7. The predicted octanol–water partition coefficient (Wildman–Crippen LogP) is 2.85. The van der Waals surface area contributed by atoms with Gasteiger partial charge >= 0.3 is 0 Å². The first-order valence-electron chi connectivity index (χ1n) is 8.96. The standard InChI is InChI=1S/C19H28O3/c1-18-6-4-13-12(17(18)15(21)5-7-18)10-16(22)14-9-11(20)3-8-19(13,14)2/h9,12-13,15-17,21-22H,3-8,10H2,1-2H3/t12-,13+,15+,16-,17-,18+,19+/m0/s1. The van der Waals surface area contributed by atoms with Gasteiger partial charge < -0.3 is 10.2 Å². The van der Waals surface area contributed by atoms with Crippen LogP contribution in [-0.4, -0.2) is 28.2 Å². The minimum Gasteiger partial charge on any atom is -0.393 e. The normalized spacial score (nSPS) is 54.3. The Bertz CT molecular complexity index is 539. The quantitative estimate of drug-likeness (QED) is 0.723. The summed E-state index contributed by atoms with van der Waals surface area (Å²) >= 11 is 0. The third-order valence-electron chi connectivity index (χ3n) is 7.77. The van der Waals surface area contributed by atoms with Crippen molar-refractivity contribution in [1.29, 1.82) is 0 Å². The van der Waals surface area contributed by atoms with Gasteiger partial charge in [0.05, 0.1) is 12.2 Å². The summed E-state index contributed by atoms with van der Waals surface area (Å²) in [6.07, 6.45) is 7.65. The summed E-state index contributed by atoms with van der Waals surface area (Å²) in [5.41, 5.74) is 1.20. The number of hydrogen-bond donors (Lipinski definition) is 2. The van der Waals surface area contributed by atoms with Crippen LogP contribution in [0.4, 0.5) is 0 Å². The van der Waals surface area contributed by atoms with E-state index in [9.17, 15) is 15.0 Å². The number of hydrogen-bond acceptors (Lipinski definition) is 3. The SMILES string of the molecule is C[C@@]12CC[C@@H](O)[C@@H]1[C@H]1C[C@H](O)C3=CC(=O)CC[C@]3(C)[C@@H]1CC2. The van der Waals surface area contributed by atoms with E-state index in [1.807, 2.05) is 0 Å². The van der Waals surface area contributed by atoms with E-state index in [4.69, 9.17) is 0 Å².